The number of nitrogens with zero attached hydrogens (tertiary/aromatic N) is 2. The van der Waals surface area contributed by atoms with Crippen molar-refractivity contribution < 1.29 is 9.59 Å². The molecule has 2 aromatic rings. The van der Waals surface area contributed by atoms with Crippen molar-refractivity contribution in [1.82, 2.24) is 20.1 Å². The molecule has 1 aliphatic heterocycles. The number of benzene rings is 1. The Hall–Kier alpha value is -2.93. The maximum Gasteiger partial charge on any atom is 0.256 e. The van der Waals surface area contributed by atoms with E-state index in [1.54, 1.807) is 17.0 Å². The molecule has 184 valence electrons. The summed E-state index contributed by atoms with van der Waals surface area (Å²) in [6.45, 7) is 11.6. The normalized spacial score (nSPS) is 15.0. The van der Waals surface area contributed by atoms with E-state index in [4.69, 9.17) is 0 Å². The number of piperidine rings is 1. The molecule has 1 saturated heterocycles. The van der Waals surface area contributed by atoms with Gasteiger partial charge < -0.3 is 20.1 Å². The highest BCUT2D eigenvalue weighted by Crippen LogP contribution is 2.27. The largest absolute Gasteiger partial charge is 0.352 e. The number of nitrogens with one attached hydrogen (secondary N) is 2. The fraction of sp³-hybridized carbons (Fsp3) is 0.519. The number of hydrogen-bond acceptors (Lipinski definition) is 4. The van der Waals surface area contributed by atoms with E-state index in [-0.39, 0.29) is 17.2 Å². The molecule has 7 heteroatoms. The summed E-state index contributed by atoms with van der Waals surface area (Å²) in [5.74, 6) is 0.0127. The Kier molecular flexibility index (Phi) is 9.05. The third-order valence-corrected chi connectivity index (χ3v) is 6.14. The van der Waals surface area contributed by atoms with Crippen LogP contribution in [0.25, 0.3) is 0 Å². The lowest BCUT2D eigenvalue weighted by Crippen LogP contribution is -2.41. The molecule has 0 aliphatic carbocycles. The molecule has 1 aromatic heterocycles. The smallest absolute Gasteiger partial charge is 0.256 e. The molecule has 0 unspecified atom stereocenters. The zero-order valence-corrected chi connectivity index (χ0v) is 20.8. The lowest BCUT2D eigenvalue weighted by atomic mass is 9.89. The van der Waals surface area contributed by atoms with Crippen molar-refractivity contribution >= 4 is 11.8 Å². The second-order valence-electron chi connectivity index (χ2n) is 9.92. The third-order valence-electron chi connectivity index (χ3n) is 6.14. The highest BCUT2D eigenvalue weighted by Gasteiger charge is 2.22. The molecule has 0 bridgehead atoms. The predicted molar refractivity (Wildman–Crippen MR) is 135 cm³/mol. The van der Waals surface area contributed by atoms with E-state index >= 15 is 0 Å². The molecule has 2 N–H and O–H groups in total. The number of amides is 2. The van der Waals surface area contributed by atoms with Gasteiger partial charge in [0.2, 0.25) is 5.43 Å². The van der Waals surface area contributed by atoms with Gasteiger partial charge in [-0.3, -0.25) is 14.4 Å². The Balaban J connectivity index is 1.60. The quantitative estimate of drug-likeness (QED) is 0.594. The van der Waals surface area contributed by atoms with Gasteiger partial charge >= 0.3 is 0 Å². The van der Waals surface area contributed by atoms with Crippen LogP contribution in [0.1, 0.15) is 72.7 Å². The molecule has 0 radical (unpaired) electrons. The van der Waals surface area contributed by atoms with Crippen molar-refractivity contribution in [3.8, 4) is 0 Å². The summed E-state index contributed by atoms with van der Waals surface area (Å²) in [6, 6.07) is 10.5. The topological polar surface area (TPSA) is 83.4 Å². The van der Waals surface area contributed by atoms with Gasteiger partial charge in [-0.05, 0) is 57.2 Å². The Bertz CT molecular complexity index is 1020. The van der Waals surface area contributed by atoms with Crippen LogP contribution in [0.15, 0.2) is 47.5 Å². The Labute approximate surface area is 202 Å². The highest BCUT2D eigenvalue weighted by atomic mass is 16.2. The summed E-state index contributed by atoms with van der Waals surface area (Å²) in [7, 11) is 0. The molecular weight excluding hydrogens is 428 g/mol. The fourth-order valence-electron chi connectivity index (χ4n) is 4.46. The molecule has 1 aliphatic rings. The van der Waals surface area contributed by atoms with Gasteiger partial charge in [0.25, 0.3) is 11.8 Å². The average molecular weight is 467 g/mol. The highest BCUT2D eigenvalue weighted by molar-refractivity contribution is 5.99. The number of pyridine rings is 1. The van der Waals surface area contributed by atoms with Crippen LogP contribution in [-0.2, 0) is 6.54 Å². The summed E-state index contributed by atoms with van der Waals surface area (Å²) < 4.78 is 1.77. The molecule has 7 nitrogen and oxygen atoms in total. The van der Waals surface area contributed by atoms with Gasteiger partial charge in [0.15, 0.2) is 0 Å². The molecule has 34 heavy (non-hydrogen) atoms. The lowest BCUT2D eigenvalue weighted by Gasteiger charge is -2.32. The molecule has 0 spiro atoms. The van der Waals surface area contributed by atoms with Crippen molar-refractivity contribution in [3.05, 3.63) is 69.6 Å². The van der Waals surface area contributed by atoms with Crippen LogP contribution in [-0.4, -0.2) is 53.5 Å². The van der Waals surface area contributed by atoms with Crippen LogP contribution in [0.3, 0.4) is 0 Å². The van der Waals surface area contributed by atoms with E-state index in [0.717, 1.165) is 32.5 Å². The first-order chi connectivity index (χ1) is 16.2. The van der Waals surface area contributed by atoms with E-state index in [2.05, 4.69) is 39.8 Å². The Morgan fingerprint density at radius 2 is 1.59 bits per heavy atom. The zero-order chi connectivity index (χ0) is 24.7. The zero-order valence-electron chi connectivity index (χ0n) is 20.8. The SMILES string of the molecule is CC(C)Cn1cc(C(=O)NCCN2CCC(c3ccccc3)CC2)c(=O)c(C(=O)NC(C)C)c1. The van der Waals surface area contributed by atoms with Crippen LogP contribution in [0.5, 0.6) is 0 Å². The molecule has 0 atom stereocenters. The Morgan fingerprint density at radius 3 is 2.18 bits per heavy atom. The number of rotatable bonds is 9. The van der Waals surface area contributed by atoms with Crippen LogP contribution in [0.4, 0.5) is 0 Å². The second kappa shape index (κ2) is 12.0. The van der Waals surface area contributed by atoms with E-state index < -0.39 is 17.2 Å². The molecular formula is C27H38N4O3. The molecule has 3 rings (SSSR count). The predicted octanol–water partition coefficient (Wildman–Crippen LogP) is 3.25. The second-order valence-corrected chi connectivity index (χ2v) is 9.92. The van der Waals surface area contributed by atoms with Gasteiger partial charge in [-0.2, -0.15) is 0 Å². The van der Waals surface area contributed by atoms with Crippen molar-refractivity contribution in [2.75, 3.05) is 26.2 Å². The number of carbonyl (C=O) groups is 2. The van der Waals surface area contributed by atoms with Crippen LogP contribution >= 0.6 is 0 Å². The molecule has 2 amide bonds. The first-order valence-corrected chi connectivity index (χ1v) is 12.3. The molecule has 1 aromatic carbocycles. The average Bonchev–Trinajstić information content (AvgIpc) is 2.80. The maximum atomic E-state index is 13.0. The number of carbonyl (C=O) groups excluding carboxylic acids is 2. The number of likely N-dealkylation sites (tertiary alicyclic amines) is 1. The lowest BCUT2D eigenvalue weighted by molar-refractivity contribution is 0.0940. The van der Waals surface area contributed by atoms with Gasteiger partial charge in [0, 0.05) is 38.1 Å². The van der Waals surface area contributed by atoms with E-state index in [1.807, 2.05) is 33.8 Å². The van der Waals surface area contributed by atoms with Gasteiger partial charge in [0.1, 0.15) is 11.1 Å². The van der Waals surface area contributed by atoms with E-state index in [0.29, 0.717) is 24.9 Å². The minimum atomic E-state index is -0.528. The summed E-state index contributed by atoms with van der Waals surface area (Å²) in [5.41, 5.74) is 0.888. The molecule has 2 heterocycles. The van der Waals surface area contributed by atoms with Gasteiger partial charge in [-0.15, -0.1) is 0 Å². The first-order valence-electron chi connectivity index (χ1n) is 12.3. The van der Waals surface area contributed by atoms with Crippen molar-refractivity contribution in [2.24, 2.45) is 5.92 Å². The summed E-state index contributed by atoms with van der Waals surface area (Å²) in [4.78, 5) is 40.8. The number of aromatic nitrogens is 1. The van der Waals surface area contributed by atoms with Gasteiger partial charge in [-0.1, -0.05) is 44.2 Å². The standard InChI is InChI=1S/C27H38N4O3/c1-19(2)16-31-17-23(25(32)24(18-31)27(34)29-20(3)4)26(33)28-12-15-30-13-10-22(11-14-30)21-8-6-5-7-9-21/h5-9,17-20,22H,10-16H2,1-4H3,(H,28,33)(H,29,34). The van der Waals surface area contributed by atoms with Crippen molar-refractivity contribution in [1.29, 1.82) is 0 Å². The molecule has 0 saturated carbocycles. The minimum Gasteiger partial charge on any atom is -0.352 e. The van der Waals surface area contributed by atoms with Crippen LogP contribution in [0, 0.1) is 5.92 Å². The van der Waals surface area contributed by atoms with E-state index in [1.165, 1.54) is 5.56 Å². The molecule has 1 fully saturated rings. The summed E-state index contributed by atoms with van der Waals surface area (Å²) >= 11 is 0. The summed E-state index contributed by atoms with van der Waals surface area (Å²) in [6.07, 6.45) is 5.32. The fourth-order valence-corrected chi connectivity index (χ4v) is 4.46. The van der Waals surface area contributed by atoms with Crippen molar-refractivity contribution in [2.45, 2.75) is 59.0 Å². The van der Waals surface area contributed by atoms with Gasteiger partial charge in [-0.25, -0.2) is 0 Å². The first kappa shape index (κ1) is 25.7. The summed E-state index contributed by atoms with van der Waals surface area (Å²) in [5, 5.41) is 5.65. The van der Waals surface area contributed by atoms with Crippen LogP contribution < -0.4 is 16.1 Å². The monoisotopic (exact) mass is 466 g/mol. The maximum absolute atomic E-state index is 13.0. The van der Waals surface area contributed by atoms with Gasteiger partial charge in [0.05, 0.1) is 0 Å². The minimum absolute atomic E-state index is 0.00462. The van der Waals surface area contributed by atoms with E-state index in [9.17, 15) is 14.4 Å². The third kappa shape index (κ3) is 7.03. The van der Waals surface area contributed by atoms with Crippen LogP contribution in [0.2, 0.25) is 0 Å². The Morgan fingerprint density at radius 1 is 0.971 bits per heavy atom. The van der Waals surface area contributed by atoms with Crippen molar-refractivity contribution in [3.63, 3.8) is 0 Å². The number of hydrogen-bond donors (Lipinski definition) is 2.